The van der Waals surface area contributed by atoms with Crippen LogP contribution in [-0.2, 0) is 13.0 Å². The number of hydrogen-bond donors (Lipinski definition) is 2. The van der Waals surface area contributed by atoms with E-state index in [1.165, 1.54) is 0 Å². The van der Waals surface area contributed by atoms with Gasteiger partial charge in [-0.2, -0.15) is 0 Å². The highest BCUT2D eigenvalue weighted by molar-refractivity contribution is 14.0. The molecule has 25 heavy (non-hydrogen) atoms. The van der Waals surface area contributed by atoms with Gasteiger partial charge in [0.25, 0.3) is 0 Å². The van der Waals surface area contributed by atoms with Crippen LogP contribution in [0.25, 0.3) is 0 Å². The van der Waals surface area contributed by atoms with E-state index < -0.39 is 0 Å². The molecule has 7 heteroatoms. The SMILES string of the molecule is I.NC(=NCc1ccc2c(c1)OCCCO2)NCCc1ccccn1. The molecule has 0 unspecified atom stereocenters. The van der Waals surface area contributed by atoms with Gasteiger partial charge in [0, 0.05) is 31.3 Å². The van der Waals surface area contributed by atoms with Crippen LogP contribution in [0, 0.1) is 0 Å². The Balaban J connectivity index is 0.00000225. The molecular weight excluding hydrogens is 431 g/mol. The minimum atomic E-state index is 0. The first-order valence-corrected chi connectivity index (χ1v) is 8.13. The van der Waals surface area contributed by atoms with Crippen molar-refractivity contribution in [2.24, 2.45) is 10.7 Å². The minimum absolute atomic E-state index is 0. The van der Waals surface area contributed by atoms with Crippen LogP contribution in [0.2, 0.25) is 0 Å². The van der Waals surface area contributed by atoms with Gasteiger partial charge in [-0.25, -0.2) is 4.99 Å². The van der Waals surface area contributed by atoms with Crippen molar-refractivity contribution in [1.82, 2.24) is 10.3 Å². The third-order valence-electron chi connectivity index (χ3n) is 3.66. The van der Waals surface area contributed by atoms with Gasteiger partial charge in [-0.05, 0) is 29.8 Å². The molecular formula is C18H23IN4O2. The molecule has 0 atom stereocenters. The van der Waals surface area contributed by atoms with Crippen molar-refractivity contribution >= 4 is 29.9 Å². The van der Waals surface area contributed by atoms with E-state index in [1.54, 1.807) is 6.20 Å². The third-order valence-corrected chi connectivity index (χ3v) is 3.66. The second-order valence-corrected chi connectivity index (χ2v) is 5.53. The molecule has 1 aromatic heterocycles. The summed E-state index contributed by atoms with van der Waals surface area (Å²) in [6.07, 6.45) is 3.49. The largest absolute Gasteiger partial charge is 0.490 e. The highest BCUT2D eigenvalue weighted by Crippen LogP contribution is 2.30. The molecule has 134 valence electrons. The lowest BCUT2D eigenvalue weighted by atomic mass is 10.2. The first-order chi connectivity index (χ1) is 11.8. The average Bonchev–Trinajstić information content (AvgIpc) is 2.86. The number of pyridine rings is 1. The number of nitrogens with two attached hydrogens (primary N) is 1. The van der Waals surface area contributed by atoms with E-state index in [1.807, 2.05) is 36.4 Å². The summed E-state index contributed by atoms with van der Waals surface area (Å²) in [5, 5.41) is 3.11. The van der Waals surface area contributed by atoms with Crippen LogP contribution in [-0.4, -0.2) is 30.7 Å². The summed E-state index contributed by atoms with van der Waals surface area (Å²) in [4.78, 5) is 8.64. The number of nitrogens with one attached hydrogen (secondary N) is 1. The van der Waals surface area contributed by atoms with Crippen molar-refractivity contribution in [2.45, 2.75) is 19.4 Å². The number of nitrogens with zero attached hydrogens (tertiary/aromatic N) is 2. The zero-order valence-electron chi connectivity index (χ0n) is 14.0. The van der Waals surface area contributed by atoms with E-state index in [9.17, 15) is 0 Å². The summed E-state index contributed by atoms with van der Waals surface area (Å²) in [5.74, 6) is 2.00. The smallest absolute Gasteiger partial charge is 0.188 e. The van der Waals surface area contributed by atoms with Crippen molar-refractivity contribution < 1.29 is 9.47 Å². The summed E-state index contributed by atoms with van der Waals surface area (Å²) < 4.78 is 11.3. The van der Waals surface area contributed by atoms with E-state index >= 15 is 0 Å². The fourth-order valence-electron chi connectivity index (χ4n) is 2.40. The van der Waals surface area contributed by atoms with E-state index in [4.69, 9.17) is 15.2 Å². The van der Waals surface area contributed by atoms with Gasteiger partial charge >= 0.3 is 0 Å². The second-order valence-electron chi connectivity index (χ2n) is 5.53. The predicted octanol–water partition coefficient (Wildman–Crippen LogP) is 2.51. The lowest BCUT2D eigenvalue weighted by molar-refractivity contribution is 0.297. The van der Waals surface area contributed by atoms with Crippen LogP contribution in [0.4, 0.5) is 0 Å². The molecule has 3 rings (SSSR count). The monoisotopic (exact) mass is 454 g/mol. The Morgan fingerprint density at radius 2 is 2.00 bits per heavy atom. The number of ether oxygens (including phenoxy) is 2. The molecule has 1 aliphatic heterocycles. The number of aliphatic imine (C=N–C) groups is 1. The second kappa shape index (κ2) is 10.1. The maximum atomic E-state index is 5.91. The summed E-state index contributed by atoms with van der Waals surface area (Å²) in [6.45, 7) is 2.57. The summed E-state index contributed by atoms with van der Waals surface area (Å²) in [6, 6.07) is 11.7. The number of fused-ring (bicyclic) bond motifs is 1. The predicted molar refractivity (Wildman–Crippen MR) is 109 cm³/mol. The molecule has 0 radical (unpaired) electrons. The number of guanidine groups is 1. The number of aromatic nitrogens is 1. The Labute approximate surface area is 164 Å². The molecule has 0 fully saturated rings. The van der Waals surface area contributed by atoms with Gasteiger partial charge in [-0.1, -0.05) is 12.1 Å². The maximum Gasteiger partial charge on any atom is 0.188 e. The molecule has 6 nitrogen and oxygen atoms in total. The lowest BCUT2D eigenvalue weighted by Crippen LogP contribution is -2.33. The fourth-order valence-corrected chi connectivity index (χ4v) is 2.40. The molecule has 2 heterocycles. The molecule has 0 spiro atoms. The van der Waals surface area contributed by atoms with Gasteiger partial charge in [0.1, 0.15) is 0 Å². The highest BCUT2D eigenvalue weighted by Gasteiger charge is 2.10. The van der Waals surface area contributed by atoms with Crippen LogP contribution in [0.15, 0.2) is 47.6 Å². The molecule has 3 N–H and O–H groups in total. The molecule has 0 bridgehead atoms. The Hall–Kier alpha value is -2.03. The number of halogens is 1. The van der Waals surface area contributed by atoms with E-state index in [-0.39, 0.29) is 24.0 Å². The van der Waals surface area contributed by atoms with Gasteiger partial charge in [0.05, 0.1) is 19.8 Å². The highest BCUT2D eigenvalue weighted by atomic mass is 127. The molecule has 1 aliphatic rings. The third kappa shape index (κ3) is 6.08. The standard InChI is InChI=1S/C18H22N4O2.HI/c19-18(21-9-7-15-4-1-2-8-20-15)22-13-14-5-6-16-17(12-14)24-11-3-10-23-16;/h1-2,4-6,8,12H,3,7,9-11,13H2,(H3,19,21,22);1H. The Bertz CT molecular complexity index is 695. The van der Waals surface area contributed by atoms with Gasteiger partial charge in [0.15, 0.2) is 17.5 Å². The normalized spacial score (nSPS) is 13.5. The molecule has 2 aromatic rings. The topological polar surface area (TPSA) is 81.8 Å². The summed E-state index contributed by atoms with van der Waals surface area (Å²) >= 11 is 0. The first kappa shape index (κ1) is 19.3. The molecule has 0 amide bonds. The van der Waals surface area contributed by atoms with Gasteiger partial charge in [-0.3, -0.25) is 4.98 Å². The summed E-state index contributed by atoms with van der Waals surface area (Å²) in [7, 11) is 0. The van der Waals surface area contributed by atoms with Crippen LogP contribution in [0.1, 0.15) is 17.7 Å². The quantitative estimate of drug-likeness (QED) is 0.412. The summed E-state index contributed by atoms with van der Waals surface area (Å²) in [5.41, 5.74) is 7.98. The number of rotatable bonds is 5. The Morgan fingerprint density at radius 3 is 2.80 bits per heavy atom. The zero-order chi connectivity index (χ0) is 16.6. The molecule has 0 saturated heterocycles. The van der Waals surface area contributed by atoms with Crippen molar-refractivity contribution in [1.29, 1.82) is 0 Å². The minimum Gasteiger partial charge on any atom is -0.490 e. The van der Waals surface area contributed by atoms with Crippen LogP contribution < -0.4 is 20.5 Å². The number of benzene rings is 1. The Morgan fingerprint density at radius 1 is 1.16 bits per heavy atom. The first-order valence-electron chi connectivity index (χ1n) is 8.13. The molecule has 0 aliphatic carbocycles. The van der Waals surface area contributed by atoms with Crippen molar-refractivity contribution in [3.8, 4) is 11.5 Å². The van der Waals surface area contributed by atoms with Crippen LogP contribution in [0.5, 0.6) is 11.5 Å². The fraction of sp³-hybridized carbons (Fsp3) is 0.333. The van der Waals surface area contributed by atoms with Gasteiger partial charge in [0.2, 0.25) is 0 Å². The van der Waals surface area contributed by atoms with Crippen LogP contribution >= 0.6 is 24.0 Å². The van der Waals surface area contributed by atoms with Crippen molar-refractivity contribution in [3.05, 3.63) is 53.9 Å². The average molecular weight is 454 g/mol. The Kier molecular flexibility index (Phi) is 7.77. The van der Waals surface area contributed by atoms with E-state index in [0.29, 0.717) is 32.3 Å². The number of hydrogen-bond acceptors (Lipinski definition) is 4. The van der Waals surface area contributed by atoms with E-state index in [0.717, 1.165) is 35.6 Å². The maximum absolute atomic E-state index is 5.91. The molecule has 1 aromatic carbocycles. The zero-order valence-corrected chi connectivity index (χ0v) is 16.3. The molecule has 0 saturated carbocycles. The van der Waals surface area contributed by atoms with Gasteiger partial charge < -0.3 is 20.5 Å². The lowest BCUT2D eigenvalue weighted by Gasteiger charge is -2.09. The van der Waals surface area contributed by atoms with Gasteiger partial charge in [-0.15, -0.1) is 24.0 Å². The van der Waals surface area contributed by atoms with Crippen molar-refractivity contribution in [3.63, 3.8) is 0 Å². The van der Waals surface area contributed by atoms with E-state index in [2.05, 4.69) is 15.3 Å². The van der Waals surface area contributed by atoms with Crippen LogP contribution in [0.3, 0.4) is 0 Å². The van der Waals surface area contributed by atoms with Crippen molar-refractivity contribution in [2.75, 3.05) is 19.8 Å².